The highest BCUT2D eigenvalue weighted by Crippen LogP contribution is 2.44. The quantitative estimate of drug-likeness (QED) is 0.187. The number of hydrogen-bond acceptors (Lipinski definition) is 5. The van der Waals surface area contributed by atoms with E-state index in [4.69, 9.17) is 23.8 Å². The SMILES string of the molecule is c1ccc(-c2nc(-c3ccccc3)nc(-c3cccc(-c4cc(-c5cccc6oc7ccccc7c56)c5oc6ccccc6c5c4)c3)n2)cc1. The number of furan rings is 2. The fourth-order valence-electron chi connectivity index (χ4n) is 6.97. The summed E-state index contributed by atoms with van der Waals surface area (Å²) in [5, 5.41) is 4.28. The molecule has 0 aliphatic heterocycles. The summed E-state index contributed by atoms with van der Waals surface area (Å²) >= 11 is 0. The lowest BCUT2D eigenvalue weighted by Gasteiger charge is -2.11. The van der Waals surface area contributed by atoms with Crippen molar-refractivity contribution < 1.29 is 8.83 Å². The van der Waals surface area contributed by atoms with Crippen molar-refractivity contribution in [3.8, 4) is 56.4 Å². The van der Waals surface area contributed by atoms with Crippen LogP contribution in [0.2, 0.25) is 0 Å². The maximum Gasteiger partial charge on any atom is 0.164 e. The summed E-state index contributed by atoms with van der Waals surface area (Å²) in [6.45, 7) is 0. The molecule has 0 fully saturated rings. The summed E-state index contributed by atoms with van der Waals surface area (Å²) in [5.74, 6) is 1.88. The molecule has 7 aromatic carbocycles. The van der Waals surface area contributed by atoms with Gasteiger partial charge in [-0.3, -0.25) is 0 Å². The van der Waals surface area contributed by atoms with E-state index in [1.807, 2.05) is 91.0 Å². The summed E-state index contributed by atoms with van der Waals surface area (Å²) < 4.78 is 12.9. The zero-order chi connectivity index (χ0) is 33.0. The van der Waals surface area contributed by atoms with E-state index in [9.17, 15) is 0 Å². The van der Waals surface area contributed by atoms with Crippen molar-refractivity contribution >= 4 is 43.9 Å². The largest absolute Gasteiger partial charge is 0.456 e. The van der Waals surface area contributed by atoms with E-state index >= 15 is 0 Å². The smallest absolute Gasteiger partial charge is 0.164 e. The topological polar surface area (TPSA) is 65.0 Å². The Morgan fingerprint density at radius 2 is 0.860 bits per heavy atom. The third-order valence-electron chi connectivity index (χ3n) is 9.32. The van der Waals surface area contributed by atoms with Crippen molar-refractivity contribution in [1.82, 2.24) is 15.0 Å². The molecular weight excluding hydrogens is 615 g/mol. The number of hydrogen-bond donors (Lipinski definition) is 0. The van der Waals surface area contributed by atoms with Gasteiger partial charge in [-0.15, -0.1) is 0 Å². The lowest BCUT2D eigenvalue weighted by Crippen LogP contribution is -2.00. The Kier molecular flexibility index (Phi) is 6.42. The first kappa shape index (κ1) is 28.2. The van der Waals surface area contributed by atoms with Crippen molar-refractivity contribution in [3.05, 3.63) is 164 Å². The van der Waals surface area contributed by atoms with Crippen LogP contribution in [-0.2, 0) is 0 Å². The molecule has 10 rings (SSSR count). The van der Waals surface area contributed by atoms with Crippen molar-refractivity contribution in [2.75, 3.05) is 0 Å². The summed E-state index contributed by atoms with van der Waals surface area (Å²) in [5.41, 5.74) is 10.4. The zero-order valence-electron chi connectivity index (χ0n) is 26.7. The number of aromatic nitrogens is 3. The average Bonchev–Trinajstić information content (AvgIpc) is 3.77. The number of fused-ring (bicyclic) bond motifs is 6. The summed E-state index contributed by atoms with van der Waals surface area (Å²) in [7, 11) is 0. The number of rotatable bonds is 5. The fourth-order valence-corrected chi connectivity index (χ4v) is 6.97. The van der Waals surface area contributed by atoms with Crippen LogP contribution in [0.5, 0.6) is 0 Å². The summed E-state index contributed by atoms with van der Waals surface area (Å²) in [6.07, 6.45) is 0. The fraction of sp³-hybridized carbons (Fsp3) is 0. The van der Waals surface area contributed by atoms with Gasteiger partial charge in [0.2, 0.25) is 0 Å². The third-order valence-corrected chi connectivity index (χ3v) is 9.32. The van der Waals surface area contributed by atoms with Crippen molar-refractivity contribution in [2.45, 2.75) is 0 Å². The van der Waals surface area contributed by atoms with Crippen LogP contribution in [0.15, 0.2) is 173 Å². The van der Waals surface area contributed by atoms with Crippen molar-refractivity contribution in [2.24, 2.45) is 0 Å². The number of para-hydroxylation sites is 2. The second-order valence-corrected chi connectivity index (χ2v) is 12.4. The Labute approximate surface area is 287 Å². The highest BCUT2D eigenvalue weighted by atomic mass is 16.3. The lowest BCUT2D eigenvalue weighted by atomic mass is 9.93. The van der Waals surface area contributed by atoms with E-state index in [0.29, 0.717) is 17.5 Å². The van der Waals surface area contributed by atoms with Crippen LogP contribution >= 0.6 is 0 Å². The van der Waals surface area contributed by atoms with Gasteiger partial charge in [0.25, 0.3) is 0 Å². The van der Waals surface area contributed by atoms with E-state index in [1.165, 1.54) is 0 Å². The minimum absolute atomic E-state index is 0.615. The first-order valence-corrected chi connectivity index (χ1v) is 16.6. The van der Waals surface area contributed by atoms with Gasteiger partial charge in [-0.05, 0) is 53.1 Å². The highest BCUT2D eigenvalue weighted by molar-refractivity contribution is 6.18. The molecule has 50 heavy (non-hydrogen) atoms. The van der Waals surface area contributed by atoms with Gasteiger partial charge in [0, 0.05) is 43.8 Å². The molecule has 0 amide bonds. The normalized spacial score (nSPS) is 11.6. The van der Waals surface area contributed by atoms with Crippen molar-refractivity contribution in [3.63, 3.8) is 0 Å². The average molecular weight is 642 g/mol. The predicted octanol–water partition coefficient (Wildman–Crippen LogP) is 12.0. The number of benzene rings is 7. The molecule has 0 saturated carbocycles. The van der Waals surface area contributed by atoms with Crippen LogP contribution < -0.4 is 0 Å². The van der Waals surface area contributed by atoms with Gasteiger partial charge in [-0.1, -0.05) is 127 Å². The molecule has 0 aliphatic rings. The third kappa shape index (κ3) is 4.67. The van der Waals surface area contributed by atoms with Crippen LogP contribution in [0.25, 0.3) is 100 Å². The molecule has 0 spiro atoms. The molecule has 3 aromatic heterocycles. The molecule has 0 radical (unpaired) electrons. The Morgan fingerprint density at radius 1 is 0.320 bits per heavy atom. The molecule has 3 heterocycles. The maximum atomic E-state index is 6.61. The molecule has 234 valence electrons. The van der Waals surface area contributed by atoms with Gasteiger partial charge >= 0.3 is 0 Å². The second-order valence-electron chi connectivity index (χ2n) is 12.4. The van der Waals surface area contributed by atoms with Crippen LogP contribution in [0, 0.1) is 0 Å². The van der Waals surface area contributed by atoms with Crippen molar-refractivity contribution in [1.29, 1.82) is 0 Å². The van der Waals surface area contributed by atoms with Crippen LogP contribution in [0.4, 0.5) is 0 Å². The molecule has 0 bridgehead atoms. The molecule has 0 N–H and O–H groups in total. The maximum absolute atomic E-state index is 6.61. The van der Waals surface area contributed by atoms with E-state index in [1.54, 1.807) is 0 Å². The van der Waals surface area contributed by atoms with Gasteiger partial charge in [0.05, 0.1) is 0 Å². The first-order valence-electron chi connectivity index (χ1n) is 16.6. The van der Waals surface area contributed by atoms with E-state index in [0.717, 1.165) is 82.8 Å². The Morgan fingerprint density at radius 3 is 1.58 bits per heavy atom. The van der Waals surface area contributed by atoms with Gasteiger partial charge in [-0.25, -0.2) is 15.0 Å². The van der Waals surface area contributed by atoms with Gasteiger partial charge in [-0.2, -0.15) is 0 Å². The Hall–Kier alpha value is -6.85. The molecule has 0 aliphatic carbocycles. The predicted molar refractivity (Wildman–Crippen MR) is 202 cm³/mol. The molecular formula is C45H27N3O2. The van der Waals surface area contributed by atoms with E-state index < -0.39 is 0 Å². The van der Waals surface area contributed by atoms with Crippen LogP contribution in [0.3, 0.4) is 0 Å². The van der Waals surface area contributed by atoms with Crippen LogP contribution in [0.1, 0.15) is 0 Å². The Balaban J connectivity index is 1.19. The Bertz CT molecular complexity index is 2810. The molecule has 0 unspecified atom stereocenters. The monoisotopic (exact) mass is 641 g/mol. The number of nitrogens with zero attached hydrogens (tertiary/aromatic N) is 3. The lowest BCUT2D eigenvalue weighted by molar-refractivity contribution is 0.668. The van der Waals surface area contributed by atoms with E-state index in [-0.39, 0.29) is 0 Å². The molecule has 0 saturated heterocycles. The standard InChI is InChI=1S/C45H27N3O2/c1-3-13-28(14-4-1)43-46-44(29-15-5-2-6-16-29)48-45(47-43)31-18-11-17-30(25-31)32-26-36-33-19-7-9-22-38(33)50-42(36)37(27-32)34-21-12-24-40-41(34)35-20-8-10-23-39(35)49-40/h1-27H. The van der Waals surface area contributed by atoms with Gasteiger partial charge < -0.3 is 8.83 Å². The molecule has 5 heteroatoms. The molecule has 10 aromatic rings. The minimum Gasteiger partial charge on any atom is -0.456 e. The van der Waals surface area contributed by atoms with Crippen LogP contribution in [-0.4, -0.2) is 15.0 Å². The van der Waals surface area contributed by atoms with Gasteiger partial charge in [0.1, 0.15) is 22.3 Å². The summed E-state index contributed by atoms with van der Waals surface area (Å²) in [4.78, 5) is 14.9. The zero-order valence-corrected chi connectivity index (χ0v) is 26.7. The first-order chi connectivity index (χ1) is 24.8. The summed E-state index contributed by atoms with van der Waals surface area (Å²) in [6, 6.07) is 55.7. The minimum atomic E-state index is 0.615. The highest BCUT2D eigenvalue weighted by Gasteiger charge is 2.20. The molecule has 5 nitrogen and oxygen atoms in total. The van der Waals surface area contributed by atoms with E-state index in [2.05, 4.69) is 72.8 Å². The van der Waals surface area contributed by atoms with Gasteiger partial charge in [0.15, 0.2) is 17.5 Å². The molecule has 0 atom stereocenters. The second kappa shape index (κ2) is 11.4.